The average Bonchev–Trinajstić information content (AvgIpc) is 2.78. The minimum atomic E-state index is 0.549. The van der Waals surface area contributed by atoms with E-state index in [2.05, 4.69) is 0 Å². The summed E-state index contributed by atoms with van der Waals surface area (Å²) in [4.78, 5) is 0. The fraction of sp³-hybridized carbons (Fsp3) is 0.0769. The number of hydrogen-bond donors (Lipinski definition) is 0. The Balaban J connectivity index is 1.24. The monoisotopic (exact) mass is 382 g/mol. The first-order chi connectivity index (χ1) is 14.3. The molecule has 0 aliphatic carbocycles. The van der Waals surface area contributed by atoms with Gasteiger partial charge >= 0.3 is 0 Å². The summed E-state index contributed by atoms with van der Waals surface area (Å²) < 4.78 is 17.5. The summed E-state index contributed by atoms with van der Waals surface area (Å²) in [6, 6.07) is 35.4. The fourth-order valence-corrected chi connectivity index (χ4v) is 2.84. The summed E-state index contributed by atoms with van der Waals surface area (Å²) in [7, 11) is 0. The van der Waals surface area contributed by atoms with Crippen LogP contribution in [-0.2, 0) is 18.0 Å². The Morgan fingerprint density at radius 3 is 1.10 bits per heavy atom. The third kappa shape index (κ3) is 5.71. The zero-order valence-corrected chi connectivity index (χ0v) is 16.0. The molecule has 29 heavy (non-hydrogen) atoms. The van der Waals surface area contributed by atoms with E-state index in [9.17, 15) is 0 Å². The Morgan fingerprint density at radius 1 is 0.379 bits per heavy atom. The third-order valence-electron chi connectivity index (χ3n) is 4.34. The second kappa shape index (κ2) is 9.58. The van der Waals surface area contributed by atoms with E-state index in [1.807, 2.05) is 109 Å². The molecule has 0 N–H and O–H groups in total. The highest BCUT2D eigenvalue weighted by Gasteiger charge is 2.01. The zero-order chi connectivity index (χ0) is 19.7. The van der Waals surface area contributed by atoms with Crippen LogP contribution >= 0.6 is 0 Å². The molecule has 0 heterocycles. The number of rotatable bonds is 8. The lowest BCUT2D eigenvalue weighted by atomic mass is 10.2. The van der Waals surface area contributed by atoms with Crippen molar-refractivity contribution in [2.24, 2.45) is 0 Å². The predicted molar refractivity (Wildman–Crippen MR) is 114 cm³/mol. The molecule has 4 aromatic carbocycles. The van der Waals surface area contributed by atoms with Gasteiger partial charge in [-0.3, -0.25) is 0 Å². The highest BCUT2D eigenvalue weighted by Crippen LogP contribution is 2.23. The molecule has 3 heteroatoms. The maximum absolute atomic E-state index is 5.84. The van der Waals surface area contributed by atoms with Crippen molar-refractivity contribution in [3.05, 3.63) is 120 Å². The van der Waals surface area contributed by atoms with Crippen LogP contribution < -0.4 is 9.47 Å². The van der Waals surface area contributed by atoms with Crippen LogP contribution in [0, 0.1) is 0 Å². The summed E-state index contributed by atoms with van der Waals surface area (Å²) in [6.07, 6.45) is 0. The van der Waals surface area contributed by atoms with Gasteiger partial charge in [0.1, 0.15) is 23.0 Å². The Kier molecular flexibility index (Phi) is 6.21. The number of hydrogen-bond acceptors (Lipinski definition) is 3. The van der Waals surface area contributed by atoms with Gasteiger partial charge in [0, 0.05) is 0 Å². The Bertz CT molecular complexity index is 910. The normalized spacial score (nSPS) is 10.5. The summed E-state index contributed by atoms with van der Waals surface area (Å²) in [5.74, 6) is 3.29. The fourth-order valence-electron chi connectivity index (χ4n) is 2.84. The van der Waals surface area contributed by atoms with Gasteiger partial charge in [-0.2, -0.15) is 0 Å². The van der Waals surface area contributed by atoms with E-state index in [0.29, 0.717) is 13.2 Å². The van der Waals surface area contributed by atoms with Crippen molar-refractivity contribution in [2.45, 2.75) is 13.2 Å². The summed E-state index contributed by atoms with van der Waals surface area (Å²) in [5.41, 5.74) is 2.21. The van der Waals surface area contributed by atoms with E-state index in [4.69, 9.17) is 14.2 Å². The molecule has 0 saturated heterocycles. The van der Waals surface area contributed by atoms with Crippen LogP contribution in [0.15, 0.2) is 109 Å². The molecular formula is C26H22O3. The third-order valence-corrected chi connectivity index (χ3v) is 4.34. The lowest BCUT2D eigenvalue weighted by Crippen LogP contribution is -1.94. The second-order valence-electron chi connectivity index (χ2n) is 6.61. The molecule has 0 aromatic heterocycles. The van der Waals surface area contributed by atoms with Gasteiger partial charge in [0.05, 0.1) is 13.2 Å². The standard InChI is InChI=1S/C26H22O3/c1-3-7-23(8-4-1)28-25-15-11-21(12-16-25)19-27-20-22-13-17-26(18-14-22)29-24-9-5-2-6-10-24/h1-18H,19-20H2. The van der Waals surface area contributed by atoms with Crippen LogP contribution in [-0.4, -0.2) is 0 Å². The van der Waals surface area contributed by atoms with Crippen molar-refractivity contribution < 1.29 is 14.2 Å². The molecular weight excluding hydrogens is 360 g/mol. The SMILES string of the molecule is c1ccc(Oc2ccc(COCc3ccc(Oc4ccccc4)cc3)cc2)cc1. The number of benzene rings is 4. The molecule has 0 radical (unpaired) electrons. The number of para-hydroxylation sites is 2. The van der Waals surface area contributed by atoms with Gasteiger partial charge in [0.15, 0.2) is 0 Å². The lowest BCUT2D eigenvalue weighted by Gasteiger charge is -2.09. The maximum Gasteiger partial charge on any atom is 0.127 e. The van der Waals surface area contributed by atoms with Gasteiger partial charge in [0.2, 0.25) is 0 Å². The van der Waals surface area contributed by atoms with E-state index >= 15 is 0 Å². The Labute approximate surface area is 171 Å². The molecule has 0 unspecified atom stereocenters. The molecule has 144 valence electrons. The molecule has 0 aliphatic rings. The number of ether oxygens (including phenoxy) is 3. The Hall–Kier alpha value is -3.56. The average molecular weight is 382 g/mol. The van der Waals surface area contributed by atoms with Gasteiger partial charge in [-0.15, -0.1) is 0 Å². The van der Waals surface area contributed by atoms with E-state index in [-0.39, 0.29) is 0 Å². The van der Waals surface area contributed by atoms with Crippen LogP contribution in [0.1, 0.15) is 11.1 Å². The molecule has 3 nitrogen and oxygen atoms in total. The summed E-state index contributed by atoms with van der Waals surface area (Å²) >= 11 is 0. The zero-order valence-electron chi connectivity index (χ0n) is 16.0. The van der Waals surface area contributed by atoms with E-state index < -0.39 is 0 Å². The van der Waals surface area contributed by atoms with Crippen LogP contribution in [0.2, 0.25) is 0 Å². The largest absolute Gasteiger partial charge is 0.457 e. The van der Waals surface area contributed by atoms with E-state index in [1.165, 1.54) is 0 Å². The molecule has 0 saturated carbocycles. The van der Waals surface area contributed by atoms with E-state index in [0.717, 1.165) is 34.1 Å². The molecule has 0 atom stereocenters. The van der Waals surface area contributed by atoms with Gasteiger partial charge in [-0.25, -0.2) is 0 Å². The first-order valence-corrected chi connectivity index (χ1v) is 9.57. The van der Waals surface area contributed by atoms with Crippen molar-refractivity contribution >= 4 is 0 Å². The molecule has 0 spiro atoms. The predicted octanol–water partition coefficient (Wildman–Crippen LogP) is 6.99. The molecule has 0 bridgehead atoms. The molecule has 4 rings (SSSR count). The van der Waals surface area contributed by atoms with E-state index in [1.54, 1.807) is 0 Å². The quantitative estimate of drug-likeness (QED) is 0.329. The maximum atomic E-state index is 5.84. The molecule has 0 aliphatic heterocycles. The van der Waals surface area contributed by atoms with Crippen molar-refractivity contribution in [3.63, 3.8) is 0 Å². The first kappa shape index (κ1) is 18.8. The van der Waals surface area contributed by atoms with Gasteiger partial charge in [-0.05, 0) is 59.7 Å². The highest BCUT2D eigenvalue weighted by molar-refractivity contribution is 5.34. The topological polar surface area (TPSA) is 27.7 Å². The van der Waals surface area contributed by atoms with Gasteiger partial charge < -0.3 is 14.2 Å². The van der Waals surface area contributed by atoms with Gasteiger partial charge in [-0.1, -0.05) is 60.7 Å². The van der Waals surface area contributed by atoms with Crippen LogP contribution in [0.3, 0.4) is 0 Å². The minimum Gasteiger partial charge on any atom is -0.457 e. The summed E-state index contributed by atoms with van der Waals surface area (Å²) in [6.45, 7) is 1.10. The van der Waals surface area contributed by atoms with Crippen molar-refractivity contribution in [1.82, 2.24) is 0 Å². The second-order valence-corrected chi connectivity index (χ2v) is 6.61. The smallest absolute Gasteiger partial charge is 0.127 e. The van der Waals surface area contributed by atoms with Crippen LogP contribution in [0.25, 0.3) is 0 Å². The molecule has 0 fully saturated rings. The Morgan fingerprint density at radius 2 is 0.724 bits per heavy atom. The summed E-state index contributed by atoms with van der Waals surface area (Å²) in [5, 5.41) is 0. The van der Waals surface area contributed by atoms with Crippen LogP contribution in [0.4, 0.5) is 0 Å². The lowest BCUT2D eigenvalue weighted by molar-refractivity contribution is 0.107. The van der Waals surface area contributed by atoms with Crippen LogP contribution in [0.5, 0.6) is 23.0 Å². The minimum absolute atomic E-state index is 0.549. The molecule has 0 amide bonds. The molecule has 4 aromatic rings. The van der Waals surface area contributed by atoms with Gasteiger partial charge in [0.25, 0.3) is 0 Å². The highest BCUT2D eigenvalue weighted by atomic mass is 16.5. The first-order valence-electron chi connectivity index (χ1n) is 9.57. The van der Waals surface area contributed by atoms with Crippen molar-refractivity contribution in [3.8, 4) is 23.0 Å². The van der Waals surface area contributed by atoms with Crippen molar-refractivity contribution in [1.29, 1.82) is 0 Å². The van der Waals surface area contributed by atoms with Crippen molar-refractivity contribution in [2.75, 3.05) is 0 Å².